The van der Waals surface area contributed by atoms with Gasteiger partial charge in [-0.2, -0.15) is 0 Å². The molecule has 4 rings (SSSR count). The zero-order valence-corrected chi connectivity index (χ0v) is 21.5. The van der Waals surface area contributed by atoms with E-state index < -0.39 is 7.92 Å². The van der Waals surface area contributed by atoms with Crippen molar-refractivity contribution >= 4 is 24.0 Å². The van der Waals surface area contributed by atoms with E-state index in [1.165, 1.54) is 27.3 Å². The molecule has 33 heavy (non-hydrogen) atoms. The third kappa shape index (κ3) is 5.43. The molecule has 3 aromatic carbocycles. The number of aromatic nitrogens is 1. The van der Waals surface area contributed by atoms with Crippen LogP contribution < -0.4 is 16.0 Å². The van der Waals surface area contributed by atoms with Crippen LogP contribution in [0.1, 0.15) is 52.7 Å². The van der Waals surface area contributed by atoms with Crippen LogP contribution in [0.25, 0.3) is 11.3 Å². The van der Waals surface area contributed by atoms with Crippen molar-refractivity contribution in [3.05, 3.63) is 108 Å². The maximum absolute atomic E-state index is 5.27. The summed E-state index contributed by atoms with van der Waals surface area (Å²) in [5.74, 6) is 0. The van der Waals surface area contributed by atoms with Crippen molar-refractivity contribution in [2.24, 2.45) is 0 Å². The van der Waals surface area contributed by atoms with Crippen molar-refractivity contribution in [2.75, 3.05) is 0 Å². The van der Waals surface area contributed by atoms with Crippen molar-refractivity contribution in [3.8, 4) is 11.3 Å². The summed E-state index contributed by atoms with van der Waals surface area (Å²) in [7, 11) is -0.724. The Labute approximate surface area is 200 Å². The Kier molecular flexibility index (Phi) is 6.55. The summed E-state index contributed by atoms with van der Waals surface area (Å²) in [6.07, 6.45) is 0. The van der Waals surface area contributed by atoms with Gasteiger partial charge in [-0.15, -0.1) is 0 Å². The predicted octanol–water partition coefficient (Wildman–Crippen LogP) is 7.10. The van der Waals surface area contributed by atoms with Gasteiger partial charge in [0.2, 0.25) is 0 Å². The maximum atomic E-state index is 5.27. The molecular weight excluding hydrogens is 417 g/mol. The van der Waals surface area contributed by atoms with Crippen molar-refractivity contribution in [3.63, 3.8) is 0 Å². The van der Waals surface area contributed by atoms with Gasteiger partial charge in [0.25, 0.3) is 0 Å². The highest BCUT2D eigenvalue weighted by atomic mass is 31.1. The van der Waals surface area contributed by atoms with Gasteiger partial charge in [-0.25, -0.2) is 4.98 Å². The first kappa shape index (κ1) is 23.4. The summed E-state index contributed by atoms with van der Waals surface area (Å²) in [5.41, 5.74) is 6.24. The minimum Gasteiger partial charge on any atom is -0.247 e. The average molecular weight is 452 g/mol. The monoisotopic (exact) mass is 451 g/mol. The summed E-state index contributed by atoms with van der Waals surface area (Å²) >= 11 is 0. The Morgan fingerprint density at radius 3 is 1.48 bits per heavy atom. The molecule has 0 saturated carbocycles. The number of benzene rings is 3. The van der Waals surface area contributed by atoms with Crippen LogP contribution in [0.15, 0.2) is 97.1 Å². The molecule has 0 aliphatic rings. The molecule has 0 aliphatic carbocycles. The Bertz CT molecular complexity index is 1140. The third-order valence-corrected chi connectivity index (χ3v) is 8.29. The zero-order chi connectivity index (χ0) is 23.6. The Balaban J connectivity index is 1.87. The molecular formula is C31H34NP. The second kappa shape index (κ2) is 9.24. The van der Waals surface area contributed by atoms with Crippen LogP contribution in [0.2, 0.25) is 0 Å². The summed E-state index contributed by atoms with van der Waals surface area (Å²) in [5, 5.41) is 2.64. The predicted molar refractivity (Wildman–Crippen MR) is 146 cm³/mol. The highest BCUT2D eigenvalue weighted by molar-refractivity contribution is 7.79. The highest BCUT2D eigenvalue weighted by Gasteiger charge is 2.22. The molecule has 0 amide bonds. The first-order valence-corrected chi connectivity index (χ1v) is 13.0. The fourth-order valence-corrected chi connectivity index (χ4v) is 6.13. The molecule has 0 unspecified atom stereocenters. The van der Waals surface area contributed by atoms with Crippen LogP contribution in [0.3, 0.4) is 0 Å². The van der Waals surface area contributed by atoms with E-state index in [0.29, 0.717) is 0 Å². The largest absolute Gasteiger partial charge is 0.247 e. The van der Waals surface area contributed by atoms with Gasteiger partial charge in [-0.3, -0.25) is 0 Å². The maximum Gasteiger partial charge on any atom is 0.0728 e. The fourth-order valence-electron chi connectivity index (χ4n) is 3.92. The van der Waals surface area contributed by atoms with E-state index in [0.717, 1.165) is 11.1 Å². The van der Waals surface area contributed by atoms with Crippen molar-refractivity contribution in [1.29, 1.82) is 0 Å². The lowest BCUT2D eigenvalue weighted by atomic mass is 9.79. The van der Waals surface area contributed by atoms with Gasteiger partial charge in [0.05, 0.1) is 11.1 Å². The van der Waals surface area contributed by atoms with Gasteiger partial charge in [0.15, 0.2) is 0 Å². The van der Waals surface area contributed by atoms with Crippen LogP contribution in [-0.2, 0) is 10.8 Å². The number of rotatable bonds is 4. The second-order valence-electron chi connectivity index (χ2n) is 10.7. The summed E-state index contributed by atoms with van der Waals surface area (Å²) in [6.45, 7) is 13.7. The van der Waals surface area contributed by atoms with E-state index in [2.05, 4.69) is 139 Å². The summed E-state index contributed by atoms with van der Waals surface area (Å²) in [4.78, 5) is 5.27. The van der Waals surface area contributed by atoms with Crippen LogP contribution >= 0.6 is 7.92 Å². The highest BCUT2D eigenvalue weighted by Crippen LogP contribution is 2.35. The lowest BCUT2D eigenvalue weighted by Gasteiger charge is -2.26. The fraction of sp³-hybridized carbons (Fsp3) is 0.258. The van der Waals surface area contributed by atoms with E-state index in [4.69, 9.17) is 4.98 Å². The molecule has 1 nitrogen and oxygen atoms in total. The molecule has 0 aliphatic heterocycles. The van der Waals surface area contributed by atoms with Gasteiger partial charge in [-0.1, -0.05) is 114 Å². The lowest BCUT2D eigenvalue weighted by molar-refractivity contribution is 0.569. The molecule has 0 bridgehead atoms. The molecule has 4 aromatic rings. The Morgan fingerprint density at radius 2 is 1.03 bits per heavy atom. The number of hydrogen-bond acceptors (Lipinski definition) is 1. The smallest absolute Gasteiger partial charge is 0.0728 e. The SMILES string of the molecule is CC(C)(C)c1cc(-c2cccc(P(c3ccccc3)c3ccccc3)n2)cc(C(C)(C)C)c1. The normalized spacial score (nSPS) is 12.2. The van der Waals surface area contributed by atoms with Gasteiger partial charge < -0.3 is 0 Å². The minimum atomic E-state index is -0.724. The van der Waals surface area contributed by atoms with E-state index in [1.807, 2.05) is 0 Å². The molecule has 0 saturated heterocycles. The van der Waals surface area contributed by atoms with E-state index >= 15 is 0 Å². The van der Waals surface area contributed by atoms with E-state index in [1.54, 1.807) is 0 Å². The first-order chi connectivity index (χ1) is 15.6. The first-order valence-electron chi connectivity index (χ1n) is 11.7. The topological polar surface area (TPSA) is 12.9 Å². The molecule has 1 aromatic heterocycles. The lowest BCUT2D eigenvalue weighted by Crippen LogP contribution is -2.23. The molecule has 0 atom stereocenters. The Morgan fingerprint density at radius 1 is 0.545 bits per heavy atom. The molecule has 0 spiro atoms. The Hall–Kier alpha value is -2.76. The van der Waals surface area contributed by atoms with Crippen molar-refractivity contribution < 1.29 is 0 Å². The molecule has 168 valence electrons. The molecule has 1 heterocycles. The minimum absolute atomic E-state index is 0.0777. The van der Waals surface area contributed by atoms with Crippen LogP contribution in [0.5, 0.6) is 0 Å². The van der Waals surface area contributed by atoms with Crippen LogP contribution in [0.4, 0.5) is 0 Å². The van der Waals surface area contributed by atoms with Gasteiger partial charge in [0, 0.05) is 13.5 Å². The number of pyridine rings is 1. The average Bonchev–Trinajstić information content (AvgIpc) is 2.79. The van der Waals surface area contributed by atoms with E-state index in [-0.39, 0.29) is 10.8 Å². The standard InChI is InChI=1S/C31H34NP/c1-30(2,3)24-20-23(21-25(22-24)31(4,5)6)28-18-13-19-29(32-28)33(26-14-9-7-10-15-26)27-16-11-8-12-17-27/h7-22H,1-6H3. The number of hydrogen-bond donors (Lipinski definition) is 0. The van der Waals surface area contributed by atoms with Crippen LogP contribution in [-0.4, -0.2) is 4.98 Å². The van der Waals surface area contributed by atoms with E-state index in [9.17, 15) is 0 Å². The van der Waals surface area contributed by atoms with Gasteiger partial charge in [-0.05, 0) is 56.8 Å². The van der Waals surface area contributed by atoms with Crippen LogP contribution in [0, 0.1) is 0 Å². The summed E-state index contributed by atoms with van der Waals surface area (Å²) < 4.78 is 0. The van der Waals surface area contributed by atoms with Gasteiger partial charge >= 0.3 is 0 Å². The van der Waals surface area contributed by atoms with Gasteiger partial charge in [0.1, 0.15) is 0 Å². The van der Waals surface area contributed by atoms with Crippen molar-refractivity contribution in [2.45, 2.75) is 52.4 Å². The number of nitrogens with zero attached hydrogens (tertiary/aromatic N) is 1. The molecule has 2 heteroatoms. The molecule has 0 radical (unpaired) electrons. The van der Waals surface area contributed by atoms with Crippen molar-refractivity contribution in [1.82, 2.24) is 4.98 Å². The molecule has 0 N–H and O–H groups in total. The quantitative estimate of drug-likeness (QED) is 0.302. The summed E-state index contributed by atoms with van der Waals surface area (Å²) in [6, 6.07) is 35.1. The zero-order valence-electron chi connectivity index (χ0n) is 20.6. The second-order valence-corrected chi connectivity index (χ2v) is 12.8. The third-order valence-electron chi connectivity index (χ3n) is 5.95. The molecule has 0 fully saturated rings.